The molecule has 2 aromatic rings. The summed E-state index contributed by atoms with van der Waals surface area (Å²) in [5.41, 5.74) is 1.72. The molecule has 0 bridgehead atoms. The monoisotopic (exact) mass is 396 g/mol. The highest BCUT2D eigenvalue weighted by molar-refractivity contribution is 6.05. The second kappa shape index (κ2) is 8.72. The van der Waals surface area contributed by atoms with Crippen molar-refractivity contribution in [2.75, 3.05) is 28.6 Å². The molecule has 0 saturated carbocycles. The second-order valence-corrected chi connectivity index (χ2v) is 7.35. The van der Waals surface area contributed by atoms with Crippen LogP contribution in [-0.4, -0.2) is 29.8 Å². The van der Waals surface area contributed by atoms with Crippen LogP contribution in [0, 0.1) is 16.0 Å². The Bertz CT molecular complexity index is 936. The van der Waals surface area contributed by atoms with Crippen LogP contribution in [0.5, 0.6) is 0 Å². The summed E-state index contributed by atoms with van der Waals surface area (Å²) < 4.78 is 0. The van der Waals surface area contributed by atoms with Crippen LogP contribution >= 0.6 is 0 Å². The summed E-state index contributed by atoms with van der Waals surface area (Å²) in [5, 5.41) is 17.0. The van der Waals surface area contributed by atoms with Crippen LogP contribution in [0.2, 0.25) is 0 Å². The number of hydrogen-bond acceptors (Lipinski definition) is 5. The second-order valence-electron chi connectivity index (χ2n) is 7.35. The molecule has 1 aliphatic heterocycles. The third-order valence-electron chi connectivity index (χ3n) is 5.00. The van der Waals surface area contributed by atoms with Crippen LogP contribution in [0.1, 0.15) is 37.0 Å². The van der Waals surface area contributed by atoms with Crippen molar-refractivity contribution >= 4 is 34.6 Å². The summed E-state index contributed by atoms with van der Waals surface area (Å²) >= 11 is 0. The van der Waals surface area contributed by atoms with Crippen molar-refractivity contribution in [2.45, 2.75) is 26.7 Å². The standard InChI is InChI=1S/C21H24N4O4/c1-14-8-10-24(11-9-14)19-7-6-16(12-20(19)25(28)29)21(27)23-18-5-3-4-17(13-18)22-15(2)26/h3-7,12-14H,8-11H2,1-2H3,(H,22,26)(H,23,27). The normalized spacial score (nSPS) is 14.3. The molecular weight excluding hydrogens is 372 g/mol. The molecule has 1 fully saturated rings. The Morgan fingerprint density at radius 2 is 1.72 bits per heavy atom. The maximum Gasteiger partial charge on any atom is 0.293 e. The van der Waals surface area contributed by atoms with Gasteiger partial charge in [0.25, 0.3) is 11.6 Å². The van der Waals surface area contributed by atoms with Gasteiger partial charge in [0.15, 0.2) is 0 Å². The van der Waals surface area contributed by atoms with E-state index in [1.165, 1.54) is 13.0 Å². The van der Waals surface area contributed by atoms with Gasteiger partial charge in [-0.2, -0.15) is 0 Å². The minimum Gasteiger partial charge on any atom is -0.366 e. The number of anilines is 3. The molecule has 1 saturated heterocycles. The first-order chi connectivity index (χ1) is 13.8. The summed E-state index contributed by atoms with van der Waals surface area (Å²) in [7, 11) is 0. The van der Waals surface area contributed by atoms with Crippen molar-refractivity contribution in [3.63, 3.8) is 0 Å². The summed E-state index contributed by atoms with van der Waals surface area (Å²) in [6.45, 7) is 5.11. The van der Waals surface area contributed by atoms with Gasteiger partial charge in [0.05, 0.1) is 4.92 Å². The van der Waals surface area contributed by atoms with E-state index in [9.17, 15) is 19.7 Å². The maximum absolute atomic E-state index is 12.6. The highest BCUT2D eigenvalue weighted by Crippen LogP contribution is 2.32. The fourth-order valence-electron chi connectivity index (χ4n) is 3.41. The van der Waals surface area contributed by atoms with E-state index in [2.05, 4.69) is 17.6 Å². The van der Waals surface area contributed by atoms with Gasteiger partial charge in [-0.15, -0.1) is 0 Å². The molecule has 1 aliphatic rings. The van der Waals surface area contributed by atoms with Crippen LogP contribution in [0.15, 0.2) is 42.5 Å². The minimum atomic E-state index is -0.452. The zero-order valence-electron chi connectivity index (χ0n) is 16.5. The lowest BCUT2D eigenvalue weighted by Gasteiger charge is -2.31. The zero-order chi connectivity index (χ0) is 21.0. The van der Waals surface area contributed by atoms with Gasteiger partial charge in [-0.05, 0) is 49.1 Å². The van der Waals surface area contributed by atoms with Gasteiger partial charge < -0.3 is 15.5 Å². The molecule has 8 heteroatoms. The fraction of sp³-hybridized carbons (Fsp3) is 0.333. The van der Waals surface area contributed by atoms with E-state index in [0.717, 1.165) is 25.9 Å². The zero-order valence-corrected chi connectivity index (χ0v) is 16.5. The van der Waals surface area contributed by atoms with Crippen LogP contribution < -0.4 is 15.5 Å². The molecule has 0 atom stereocenters. The molecule has 0 aromatic heterocycles. The molecule has 2 aromatic carbocycles. The first kappa shape index (κ1) is 20.3. The van der Waals surface area contributed by atoms with Crippen molar-refractivity contribution in [1.29, 1.82) is 0 Å². The number of carbonyl (C=O) groups excluding carboxylic acids is 2. The van der Waals surface area contributed by atoms with Gasteiger partial charge in [-0.3, -0.25) is 19.7 Å². The Morgan fingerprint density at radius 3 is 2.34 bits per heavy atom. The Morgan fingerprint density at radius 1 is 1.07 bits per heavy atom. The third-order valence-corrected chi connectivity index (χ3v) is 5.00. The van der Waals surface area contributed by atoms with Crippen molar-refractivity contribution in [3.05, 3.63) is 58.1 Å². The Kier molecular flexibility index (Phi) is 6.11. The van der Waals surface area contributed by atoms with Gasteiger partial charge >= 0.3 is 0 Å². The maximum atomic E-state index is 12.6. The topological polar surface area (TPSA) is 105 Å². The molecule has 2 N–H and O–H groups in total. The van der Waals surface area contributed by atoms with Crippen molar-refractivity contribution in [1.82, 2.24) is 0 Å². The Labute approximate surface area is 169 Å². The van der Waals surface area contributed by atoms with Crippen LogP contribution in [0.4, 0.5) is 22.7 Å². The van der Waals surface area contributed by atoms with E-state index in [1.54, 1.807) is 36.4 Å². The average molecular weight is 396 g/mol. The predicted octanol–water partition coefficient (Wildman–Crippen LogP) is 4.04. The molecular formula is C21H24N4O4. The lowest BCUT2D eigenvalue weighted by molar-refractivity contribution is -0.384. The van der Waals surface area contributed by atoms with Crippen molar-refractivity contribution in [2.24, 2.45) is 5.92 Å². The molecule has 0 aliphatic carbocycles. The number of benzene rings is 2. The SMILES string of the molecule is CC(=O)Nc1cccc(NC(=O)c2ccc(N3CCC(C)CC3)c([N+](=O)[O-])c2)c1. The minimum absolute atomic E-state index is 0.0702. The van der Waals surface area contributed by atoms with E-state index in [4.69, 9.17) is 0 Å². The average Bonchev–Trinajstić information content (AvgIpc) is 2.68. The number of piperidine rings is 1. The molecule has 0 unspecified atom stereocenters. The highest BCUT2D eigenvalue weighted by Gasteiger charge is 2.24. The molecule has 2 amide bonds. The number of rotatable bonds is 5. The number of amides is 2. The van der Waals surface area contributed by atoms with Gasteiger partial charge in [-0.1, -0.05) is 13.0 Å². The first-order valence-electron chi connectivity index (χ1n) is 9.56. The van der Waals surface area contributed by atoms with Gasteiger partial charge in [0, 0.05) is 43.0 Å². The lowest BCUT2D eigenvalue weighted by atomic mass is 9.98. The molecule has 3 rings (SSSR count). The molecule has 0 radical (unpaired) electrons. The largest absolute Gasteiger partial charge is 0.366 e. The molecule has 29 heavy (non-hydrogen) atoms. The summed E-state index contributed by atoms with van der Waals surface area (Å²) in [6, 6.07) is 11.3. The molecule has 152 valence electrons. The number of carbonyl (C=O) groups is 2. The van der Waals surface area contributed by atoms with E-state index in [0.29, 0.717) is 23.0 Å². The third kappa shape index (κ3) is 5.10. The number of hydrogen-bond donors (Lipinski definition) is 2. The molecule has 8 nitrogen and oxygen atoms in total. The van der Waals surface area contributed by atoms with E-state index in [-0.39, 0.29) is 17.2 Å². The highest BCUT2D eigenvalue weighted by atomic mass is 16.6. The van der Waals surface area contributed by atoms with Gasteiger partial charge in [0.1, 0.15) is 5.69 Å². The van der Waals surface area contributed by atoms with Crippen molar-refractivity contribution < 1.29 is 14.5 Å². The summed E-state index contributed by atoms with van der Waals surface area (Å²) in [5.74, 6) is -0.0534. The van der Waals surface area contributed by atoms with E-state index >= 15 is 0 Å². The lowest BCUT2D eigenvalue weighted by Crippen LogP contribution is -2.33. The summed E-state index contributed by atoms with van der Waals surface area (Å²) in [4.78, 5) is 37.0. The van der Waals surface area contributed by atoms with Crippen LogP contribution in [0.25, 0.3) is 0 Å². The number of nitrogens with zero attached hydrogens (tertiary/aromatic N) is 2. The molecule has 1 heterocycles. The quantitative estimate of drug-likeness (QED) is 0.586. The van der Waals surface area contributed by atoms with E-state index < -0.39 is 10.8 Å². The first-order valence-corrected chi connectivity index (χ1v) is 9.56. The number of nitrogens with one attached hydrogen (secondary N) is 2. The fourth-order valence-corrected chi connectivity index (χ4v) is 3.41. The Hall–Kier alpha value is -3.42. The predicted molar refractivity (Wildman–Crippen MR) is 112 cm³/mol. The van der Waals surface area contributed by atoms with Crippen LogP contribution in [-0.2, 0) is 4.79 Å². The van der Waals surface area contributed by atoms with Gasteiger partial charge in [-0.25, -0.2) is 0 Å². The Balaban J connectivity index is 1.80. The van der Waals surface area contributed by atoms with Crippen LogP contribution in [0.3, 0.4) is 0 Å². The summed E-state index contributed by atoms with van der Waals surface area (Å²) in [6.07, 6.45) is 1.98. The molecule has 0 spiro atoms. The van der Waals surface area contributed by atoms with Crippen molar-refractivity contribution in [3.8, 4) is 0 Å². The number of nitro groups is 1. The van der Waals surface area contributed by atoms with Gasteiger partial charge in [0.2, 0.25) is 5.91 Å². The van der Waals surface area contributed by atoms with E-state index in [1.807, 2.05) is 4.90 Å². The number of nitro benzene ring substituents is 1. The smallest absolute Gasteiger partial charge is 0.293 e.